The number of carbonyl (C=O) groups excluding carboxylic acids is 2. The van der Waals surface area contributed by atoms with Crippen molar-refractivity contribution in [2.24, 2.45) is 5.92 Å². The van der Waals surface area contributed by atoms with E-state index in [2.05, 4.69) is 41.0 Å². The molecule has 2 N–H and O–H groups in total. The normalized spacial score (nSPS) is 17.4. The first kappa shape index (κ1) is 34.8. The summed E-state index contributed by atoms with van der Waals surface area (Å²) in [5.74, 6) is 0.640. The van der Waals surface area contributed by atoms with Gasteiger partial charge in [-0.1, -0.05) is 59.6 Å². The summed E-state index contributed by atoms with van der Waals surface area (Å²) in [6, 6.07) is 23.7. The van der Waals surface area contributed by atoms with Crippen LogP contribution in [0.3, 0.4) is 0 Å². The van der Waals surface area contributed by atoms with Gasteiger partial charge in [0.05, 0.1) is 16.0 Å². The van der Waals surface area contributed by atoms with Crippen LogP contribution in [0.15, 0.2) is 72.8 Å². The summed E-state index contributed by atoms with van der Waals surface area (Å²) in [4.78, 5) is 29.6. The SMILES string of the molecule is Cc1cc(Cl)c(OCCOc2ccc(C(=O)NC3CCNCC3C(=O)N(Cc3ccc4ccccc4c3)C3CC3)c(C)c2)c(Cl)c1.Cl. The molecule has 1 saturated carbocycles. The van der Waals surface area contributed by atoms with E-state index in [1.54, 1.807) is 24.3 Å². The monoisotopic (exact) mass is 695 g/mol. The fourth-order valence-electron chi connectivity index (χ4n) is 6.17. The maximum Gasteiger partial charge on any atom is 0.251 e. The zero-order valence-electron chi connectivity index (χ0n) is 26.6. The van der Waals surface area contributed by atoms with Crippen molar-refractivity contribution >= 4 is 58.2 Å². The topological polar surface area (TPSA) is 79.9 Å². The van der Waals surface area contributed by atoms with Crippen LogP contribution >= 0.6 is 35.6 Å². The highest BCUT2D eigenvalue weighted by Crippen LogP contribution is 2.34. The Morgan fingerprint density at radius 2 is 1.62 bits per heavy atom. The van der Waals surface area contributed by atoms with E-state index in [-0.39, 0.29) is 55.4 Å². The largest absolute Gasteiger partial charge is 0.490 e. The Morgan fingerprint density at radius 3 is 2.34 bits per heavy atom. The van der Waals surface area contributed by atoms with Crippen LogP contribution in [-0.2, 0) is 11.3 Å². The van der Waals surface area contributed by atoms with Crippen molar-refractivity contribution in [3.63, 3.8) is 0 Å². The van der Waals surface area contributed by atoms with Crippen LogP contribution in [0.4, 0.5) is 0 Å². The summed E-state index contributed by atoms with van der Waals surface area (Å²) in [7, 11) is 0. The van der Waals surface area contributed by atoms with Crippen LogP contribution in [0.1, 0.15) is 46.3 Å². The summed E-state index contributed by atoms with van der Waals surface area (Å²) in [5.41, 5.74) is 3.42. The first-order chi connectivity index (χ1) is 22.3. The third-order valence-electron chi connectivity index (χ3n) is 8.74. The Morgan fingerprint density at radius 1 is 0.894 bits per heavy atom. The number of nitrogens with zero attached hydrogens (tertiary/aromatic N) is 1. The molecule has 10 heteroatoms. The van der Waals surface area contributed by atoms with Gasteiger partial charge >= 0.3 is 0 Å². The maximum absolute atomic E-state index is 14.0. The van der Waals surface area contributed by atoms with Crippen molar-refractivity contribution in [2.75, 3.05) is 26.3 Å². The number of nitrogens with one attached hydrogen (secondary N) is 2. The predicted octanol–water partition coefficient (Wildman–Crippen LogP) is 7.54. The lowest BCUT2D eigenvalue weighted by Crippen LogP contribution is -2.55. The van der Waals surface area contributed by atoms with Gasteiger partial charge in [0.2, 0.25) is 5.91 Å². The van der Waals surface area contributed by atoms with Crippen LogP contribution in [0.5, 0.6) is 11.5 Å². The molecule has 2 unspecified atom stereocenters. The molecule has 4 aromatic rings. The molecule has 0 aromatic heterocycles. The first-order valence-corrected chi connectivity index (χ1v) is 16.6. The smallest absolute Gasteiger partial charge is 0.251 e. The molecule has 6 rings (SSSR count). The van der Waals surface area contributed by atoms with Crippen molar-refractivity contribution in [3.8, 4) is 11.5 Å². The number of piperidine rings is 1. The quantitative estimate of drug-likeness (QED) is 0.159. The van der Waals surface area contributed by atoms with Crippen molar-refractivity contribution in [2.45, 2.75) is 51.7 Å². The van der Waals surface area contributed by atoms with Gasteiger partial charge in [-0.3, -0.25) is 9.59 Å². The fourth-order valence-corrected chi connectivity index (χ4v) is 6.87. The van der Waals surface area contributed by atoms with E-state index in [0.29, 0.717) is 46.6 Å². The molecule has 47 heavy (non-hydrogen) atoms. The van der Waals surface area contributed by atoms with Crippen molar-refractivity contribution in [1.29, 1.82) is 0 Å². The Bertz CT molecular complexity index is 1720. The number of hydrogen-bond donors (Lipinski definition) is 2. The Hall–Kier alpha value is -3.49. The molecule has 1 heterocycles. The minimum absolute atomic E-state index is 0. The van der Waals surface area contributed by atoms with Gasteiger partial charge in [0, 0.05) is 30.7 Å². The molecule has 4 aromatic carbocycles. The van der Waals surface area contributed by atoms with Gasteiger partial charge < -0.3 is 25.0 Å². The van der Waals surface area contributed by atoms with Crippen LogP contribution in [0, 0.1) is 19.8 Å². The molecule has 0 spiro atoms. The molecule has 2 atom stereocenters. The molecular formula is C37H40Cl3N3O4. The molecule has 2 amide bonds. The van der Waals surface area contributed by atoms with Crippen LogP contribution in [-0.4, -0.2) is 55.1 Å². The Labute approximate surface area is 292 Å². The molecular weight excluding hydrogens is 657 g/mol. The lowest BCUT2D eigenvalue weighted by Gasteiger charge is -2.36. The van der Waals surface area contributed by atoms with Crippen LogP contribution in [0.2, 0.25) is 10.0 Å². The average molecular weight is 697 g/mol. The predicted molar refractivity (Wildman–Crippen MR) is 190 cm³/mol. The minimum Gasteiger partial charge on any atom is -0.490 e. The van der Waals surface area contributed by atoms with Crippen LogP contribution < -0.4 is 20.1 Å². The van der Waals surface area contributed by atoms with Gasteiger partial charge in [-0.25, -0.2) is 0 Å². The lowest BCUT2D eigenvalue weighted by atomic mass is 9.91. The van der Waals surface area contributed by atoms with E-state index in [1.807, 2.05) is 36.9 Å². The molecule has 1 aliphatic heterocycles. The zero-order chi connectivity index (χ0) is 32.2. The minimum atomic E-state index is -0.336. The number of amides is 2. The second kappa shape index (κ2) is 15.6. The second-order valence-electron chi connectivity index (χ2n) is 12.3. The molecule has 0 bridgehead atoms. The molecule has 2 aliphatic rings. The molecule has 1 aliphatic carbocycles. The fraction of sp³-hybridized carbons (Fsp3) is 0.351. The summed E-state index contributed by atoms with van der Waals surface area (Å²) in [6.07, 6.45) is 2.72. The summed E-state index contributed by atoms with van der Waals surface area (Å²) in [5, 5.41) is 9.86. The van der Waals surface area contributed by atoms with Gasteiger partial charge in [-0.15, -0.1) is 12.4 Å². The van der Waals surface area contributed by atoms with Gasteiger partial charge in [-0.2, -0.15) is 0 Å². The van der Waals surface area contributed by atoms with E-state index in [0.717, 1.165) is 36.1 Å². The number of carbonyl (C=O) groups is 2. The Kier molecular flexibility index (Phi) is 11.6. The molecule has 7 nitrogen and oxygen atoms in total. The van der Waals surface area contributed by atoms with Gasteiger partial charge in [0.25, 0.3) is 5.91 Å². The van der Waals surface area contributed by atoms with E-state index in [4.69, 9.17) is 32.7 Å². The molecule has 2 fully saturated rings. The van der Waals surface area contributed by atoms with E-state index in [9.17, 15) is 9.59 Å². The van der Waals surface area contributed by atoms with Crippen LogP contribution in [0.25, 0.3) is 10.8 Å². The van der Waals surface area contributed by atoms with E-state index in [1.165, 1.54) is 10.8 Å². The van der Waals surface area contributed by atoms with Gasteiger partial charge in [0.15, 0.2) is 5.75 Å². The highest BCUT2D eigenvalue weighted by atomic mass is 35.5. The average Bonchev–Trinajstić information content (AvgIpc) is 3.88. The van der Waals surface area contributed by atoms with Crippen molar-refractivity contribution in [1.82, 2.24) is 15.5 Å². The molecule has 1 saturated heterocycles. The number of halogens is 3. The maximum atomic E-state index is 14.0. The number of fused-ring (bicyclic) bond motifs is 1. The van der Waals surface area contributed by atoms with Gasteiger partial charge in [0.1, 0.15) is 19.0 Å². The standard InChI is InChI=1S/C37H39Cl2N3O4.ClH/c1-23-17-32(38)35(33(39)18-23)46-16-15-45-29-11-12-30(24(2)19-29)36(43)41-34-13-14-40-21-31(34)37(44)42(28-9-10-28)22-25-7-8-26-5-3-4-6-27(26)20-25;/h3-8,11-12,17-20,28,31,34,40H,9-10,13-16,21-22H2,1-2H3,(H,41,43);1H. The summed E-state index contributed by atoms with van der Waals surface area (Å²) >= 11 is 12.5. The van der Waals surface area contributed by atoms with Crippen molar-refractivity contribution in [3.05, 3.63) is 105 Å². The van der Waals surface area contributed by atoms with Gasteiger partial charge in [-0.05, 0) is 104 Å². The number of ether oxygens (including phenoxy) is 2. The molecule has 248 valence electrons. The zero-order valence-corrected chi connectivity index (χ0v) is 28.9. The molecule has 0 radical (unpaired) electrons. The third kappa shape index (κ3) is 8.52. The number of aryl methyl sites for hydroxylation is 2. The summed E-state index contributed by atoms with van der Waals surface area (Å²) in [6.45, 7) is 6.19. The number of rotatable bonds is 11. The summed E-state index contributed by atoms with van der Waals surface area (Å²) < 4.78 is 11.6. The second-order valence-corrected chi connectivity index (χ2v) is 13.1. The van der Waals surface area contributed by atoms with E-state index >= 15 is 0 Å². The Balaban J connectivity index is 0.00000433. The first-order valence-electron chi connectivity index (χ1n) is 15.9. The lowest BCUT2D eigenvalue weighted by molar-refractivity contribution is -0.138. The van der Waals surface area contributed by atoms with Crippen molar-refractivity contribution < 1.29 is 19.1 Å². The highest BCUT2D eigenvalue weighted by Gasteiger charge is 2.40. The van der Waals surface area contributed by atoms with E-state index < -0.39 is 0 Å². The highest BCUT2D eigenvalue weighted by molar-refractivity contribution is 6.37. The number of benzene rings is 4. The number of hydrogen-bond acceptors (Lipinski definition) is 5. The third-order valence-corrected chi connectivity index (χ3v) is 9.30.